The Balaban J connectivity index is 1.73. The molecule has 1 fully saturated rings. The molecule has 0 amide bonds. The fourth-order valence-corrected chi connectivity index (χ4v) is 7.73. The molecule has 0 radical (unpaired) electrons. The minimum absolute atomic E-state index is 0.0544. The molecule has 0 aromatic heterocycles. The second-order valence-electron chi connectivity index (χ2n) is 15.2. The van der Waals surface area contributed by atoms with Gasteiger partial charge >= 0.3 is 0 Å². The Morgan fingerprint density at radius 3 is 1.35 bits per heavy atom. The summed E-state index contributed by atoms with van der Waals surface area (Å²) in [6, 6.07) is 31.6. The van der Waals surface area contributed by atoms with E-state index >= 15 is 0 Å². The zero-order valence-electron chi connectivity index (χ0n) is 28.3. The molecule has 1 saturated heterocycles. The van der Waals surface area contributed by atoms with E-state index in [4.69, 9.17) is 18.3 Å². The average Bonchev–Trinajstić information content (AvgIpc) is 3.22. The minimum atomic E-state index is -2.14. The van der Waals surface area contributed by atoms with Crippen LogP contribution in [0, 0.1) is 5.92 Å². The summed E-state index contributed by atoms with van der Waals surface area (Å²) >= 11 is 0. The number of hydrogen-bond donors (Lipinski definition) is 0. The van der Waals surface area contributed by atoms with E-state index in [1.54, 1.807) is 0 Å². The Labute approximate surface area is 263 Å². The largest absolute Gasteiger partial charge is 0.408 e. The van der Waals surface area contributed by atoms with Gasteiger partial charge in [0.1, 0.15) is 11.7 Å². The third-order valence-electron chi connectivity index (χ3n) is 10.1. The van der Waals surface area contributed by atoms with E-state index in [2.05, 4.69) is 166 Å². The van der Waals surface area contributed by atoms with Crippen LogP contribution in [0.1, 0.15) is 65.2 Å². The minimum Gasteiger partial charge on any atom is -0.408 e. The molecule has 0 spiro atoms. The number of benzene rings is 3. The van der Waals surface area contributed by atoms with Crippen molar-refractivity contribution in [2.75, 3.05) is 6.61 Å². The van der Waals surface area contributed by atoms with Crippen LogP contribution >= 0.6 is 0 Å². The summed E-state index contributed by atoms with van der Waals surface area (Å²) in [5, 5.41) is 0.130. The first-order valence-corrected chi connectivity index (χ1v) is 21.6. The monoisotopic (exact) mass is 618 g/mol. The second-order valence-corrected chi connectivity index (χ2v) is 24.7. The molecule has 1 unspecified atom stereocenters. The Hall–Kier alpha value is -2.07. The Kier molecular flexibility index (Phi) is 10.0. The van der Waals surface area contributed by atoms with Gasteiger partial charge in [0, 0.05) is 5.92 Å². The fraction of sp³-hybridized carbons (Fsp3) is 0.514. The summed E-state index contributed by atoms with van der Waals surface area (Å²) in [6.07, 6.45) is -0.790. The van der Waals surface area contributed by atoms with E-state index in [-0.39, 0.29) is 28.2 Å². The van der Waals surface area contributed by atoms with Gasteiger partial charge in [0.15, 0.2) is 22.9 Å². The molecule has 43 heavy (non-hydrogen) atoms. The highest BCUT2D eigenvalue weighted by Crippen LogP contribution is 2.46. The molecule has 0 saturated carbocycles. The van der Waals surface area contributed by atoms with Gasteiger partial charge < -0.3 is 18.3 Å². The zero-order valence-corrected chi connectivity index (χ0v) is 30.3. The summed E-state index contributed by atoms with van der Waals surface area (Å²) in [5.41, 5.74) is 2.45. The lowest BCUT2D eigenvalue weighted by Crippen LogP contribution is -2.51. The van der Waals surface area contributed by atoms with E-state index < -0.39 is 28.5 Å². The van der Waals surface area contributed by atoms with Gasteiger partial charge in [-0.15, -0.1) is 0 Å². The van der Waals surface area contributed by atoms with Crippen LogP contribution in [0.2, 0.25) is 36.3 Å². The SMILES string of the molecule is CC1[C@@H](COC(c2ccccc2)(c2ccccc2)c2ccccc2)O[C@@H](O[Si](C)(C)C(C)(C)C)[C@H]1O[Si](C)(C)C(C)(C)C. The predicted molar refractivity (Wildman–Crippen MR) is 183 cm³/mol. The molecule has 3 aromatic carbocycles. The molecule has 0 aliphatic carbocycles. The molecule has 3 aromatic rings. The Morgan fingerprint density at radius 2 is 0.977 bits per heavy atom. The van der Waals surface area contributed by atoms with Crippen molar-refractivity contribution in [3.63, 3.8) is 0 Å². The Morgan fingerprint density at radius 1 is 0.605 bits per heavy atom. The van der Waals surface area contributed by atoms with Gasteiger partial charge in [0.05, 0.1) is 12.7 Å². The third kappa shape index (κ3) is 7.10. The molecule has 0 N–H and O–H groups in total. The highest BCUT2D eigenvalue weighted by molar-refractivity contribution is 6.74. The van der Waals surface area contributed by atoms with Crippen molar-refractivity contribution in [2.24, 2.45) is 5.92 Å². The first-order chi connectivity index (χ1) is 20.0. The molecule has 4 nitrogen and oxygen atoms in total. The van der Waals surface area contributed by atoms with Gasteiger partial charge in [-0.25, -0.2) is 0 Å². The van der Waals surface area contributed by atoms with Gasteiger partial charge in [0.2, 0.25) is 0 Å². The van der Waals surface area contributed by atoms with Gasteiger partial charge in [-0.1, -0.05) is 139 Å². The molecule has 234 valence electrons. The van der Waals surface area contributed by atoms with Gasteiger partial charge in [0.25, 0.3) is 0 Å². The summed E-state index contributed by atoms with van der Waals surface area (Å²) in [5.74, 6) is 0.0870. The maximum absolute atomic E-state index is 7.22. The van der Waals surface area contributed by atoms with Crippen LogP contribution in [-0.4, -0.2) is 41.7 Å². The van der Waals surface area contributed by atoms with Crippen LogP contribution in [0.5, 0.6) is 0 Å². The first kappa shape index (κ1) is 33.8. The lowest BCUT2D eigenvalue weighted by molar-refractivity contribution is -0.135. The van der Waals surface area contributed by atoms with Crippen molar-refractivity contribution in [1.29, 1.82) is 0 Å². The number of ether oxygens (including phenoxy) is 2. The third-order valence-corrected chi connectivity index (χ3v) is 19.0. The van der Waals surface area contributed by atoms with Gasteiger partial charge in [-0.05, 0) is 53.0 Å². The molecule has 0 bridgehead atoms. The molecule has 1 aliphatic heterocycles. The normalized spacial score (nSPS) is 22.1. The van der Waals surface area contributed by atoms with E-state index in [0.29, 0.717) is 6.61 Å². The molecular formula is C37H54O4Si2. The van der Waals surface area contributed by atoms with Crippen LogP contribution in [0.4, 0.5) is 0 Å². The van der Waals surface area contributed by atoms with Crippen molar-refractivity contribution in [1.82, 2.24) is 0 Å². The van der Waals surface area contributed by atoms with Crippen LogP contribution < -0.4 is 0 Å². The van der Waals surface area contributed by atoms with Gasteiger partial charge in [-0.2, -0.15) is 0 Å². The van der Waals surface area contributed by atoms with Gasteiger partial charge in [-0.3, -0.25) is 0 Å². The second kappa shape index (κ2) is 12.7. The number of rotatable bonds is 10. The lowest BCUT2D eigenvalue weighted by atomic mass is 9.80. The van der Waals surface area contributed by atoms with Crippen LogP contribution in [0.3, 0.4) is 0 Å². The van der Waals surface area contributed by atoms with Crippen molar-refractivity contribution >= 4 is 16.6 Å². The first-order valence-electron chi connectivity index (χ1n) is 15.8. The highest BCUT2D eigenvalue weighted by Gasteiger charge is 2.52. The number of hydrogen-bond acceptors (Lipinski definition) is 4. The maximum atomic E-state index is 7.22. The smallest absolute Gasteiger partial charge is 0.195 e. The molecule has 1 aliphatic rings. The van der Waals surface area contributed by atoms with E-state index in [0.717, 1.165) is 16.7 Å². The summed E-state index contributed by atoms with van der Waals surface area (Å²) in [7, 11) is -4.25. The standard InChI is InChI=1S/C37H54O4Si2/c1-28-32(39-34(41-43(10,11)36(5,6)7)33(28)40-42(8,9)35(2,3)4)27-38-37(29-21-15-12-16-22-29,30-23-17-13-18-24-30)31-25-19-14-20-26-31/h12-26,28,32-34H,27H2,1-11H3/t28?,32-,33+,34+/m1/s1. The predicted octanol–water partition coefficient (Wildman–Crippen LogP) is 9.77. The molecular weight excluding hydrogens is 565 g/mol. The molecule has 1 heterocycles. The van der Waals surface area contributed by atoms with Crippen molar-refractivity contribution < 1.29 is 18.3 Å². The summed E-state index contributed by atoms with van der Waals surface area (Å²) in [4.78, 5) is 0. The van der Waals surface area contributed by atoms with Crippen molar-refractivity contribution in [2.45, 2.75) is 109 Å². The molecule has 4 rings (SSSR count). The van der Waals surface area contributed by atoms with E-state index in [1.807, 2.05) is 0 Å². The molecule has 6 heteroatoms. The summed E-state index contributed by atoms with van der Waals surface area (Å²) < 4.78 is 28.2. The van der Waals surface area contributed by atoms with Crippen LogP contribution in [0.15, 0.2) is 91.0 Å². The topological polar surface area (TPSA) is 36.9 Å². The van der Waals surface area contributed by atoms with Crippen LogP contribution in [0.25, 0.3) is 0 Å². The quantitative estimate of drug-likeness (QED) is 0.167. The highest BCUT2D eigenvalue weighted by atomic mass is 28.4. The summed E-state index contributed by atoms with van der Waals surface area (Å²) in [6.45, 7) is 25.6. The van der Waals surface area contributed by atoms with Crippen molar-refractivity contribution in [3.05, 3.63) is 108 Å². The van der Waals surface area contributed by atoms with Crippen LogP contribution in [-0.2, 0) is 23.9 Å². The Bertz CT molecular complexity index is 1200. The fourth-order valence-electron chi connectivity index (χ4n) is 5.24. The maximum Gasteiger partial charge on any atom is 0.195 e. The lowest BCUT2D eigenvalue weighted by Gasteiger charge is -2.43. The zero-order chi connectivity index (χ0) is 31.7. The van der Waals surface area contributed by atoms with E-state index in [1.165, 1.54) is 0 Å². The average molecular weight is 619 g/mol. The van der Waals surface area contributed by atoms with Crippen molar-refractivity contribution in [3.8, 4) is 0 Å². The molecule has 4 atom stereocenters. The van der Waals surface area contributed by atoms with E-state index in [9.17, 15) is 0 Å².